The third-order valence-corrected chi connectivity index (χ3v) is 8.50. The van der Waals surface area contributed by atoms with Crippen molar-refractivity contribution in [3.05, 3.63) is 48.5 Å². The number of benzene rings is 1. The first kappa shape index (κ1) is 21.6. The van der Waals surface area contributed by atoms with Gasteiger partial charge in [0.25, 0.3) is 0 Å². The molecule has 170 valence electrons. The number of aromatic amines is 1. The number of hydrogen-bond acceptors (Lipinski definition) is 5. The van der Waals surface area contributed by atoms with Crippen molar-refractivity contribution in [1.82, 2.24) is 23.8 Å². The van der Waals surface area contributed by atoms with Gasteiger partial charge >= 0.3 is 0 Å². The molecule has 8 nitrogen and oxygen atoms in total. The Morgan fingerprint density at radius 1 is 1.21 bits per heavy atom. The van der Waals surface area contributed by atoms with E-state index in [1.807, 2.05) is 18.5 Å². The molecule has 0 unspecified atom stereocenters. The van der Waals surface area contributed by atoms with Gasteiger partial charge in [0, 0.05) is 47.3 Å². The molecule has 1 saturated heterocycles. The highest BCUT2D eigenvalue weighted by molar-refractivity contribution is 7.89. The summed E-state index contributed by atoms with van der Waals surface area (Å²) in [6, 6.07) is 10.7. The molecule has 0 aliphatic carbocycles. The Morgan fingerprint density at radius 3 is 2.70 bits per heavy atom. The standard InChI is InChI=1S/C24H26N6O2S/c1-4-33(31,32)29-13-24(14-29,8-9-25)30-12-20(18-6-5-17(16(2)3)11-21(18)30)22-19-7-10-26-23(19)28-15-27-22/h5-7,10-12,15-16H,4,8,13-14H2,1-3H3,(H,26,27,28). The van der Waals surface area contributed by atoms with Crippen molar-refractivity contribution in [2.75, 3.05) is 18.8 Å². The summed E-state index contributed by atoms with van der Waals surface area (Å²) in [6.45, 7) is 6.51. The lowest BCUT2D eigenvalue weighted by Crippen LogP contribution is -2.64. The summed E-state index contributed by atoms with van der Waals surface area (Å²) in [4.78, 5) is 12.0. The van der Waals surface area contributed by atoms with Gasteiger partial charge in [0.1, 0.15) is 12.0 Å². The number of H-pyrrole nitrogens is 1. The topological polar surface area (TPSA) is 108 Å². The van der Waals surface area contributed by atoms with Crippen LogP contribution in [0, 0.1) is 11.3 Å². The Hall–Kier alpha value is -3.22. The van der Waals surface area contributed by atoms with Gasteiger partial charge < -0.3 is 9.55 Å². The van der Waals surface area contributed by atoms with E-state index in [1.54, 1.807) is 13.3 Å². The van der Waals surface area contributed by atoms with Crippen LogP contribution in [0.4, 0.5) is 0 Å². The summed E-state index contributed by atoms with van der Waals surface area (Å²) in [7, 11) is -3.31. The Bertz CT molecular complexity index is 1500. The van der Waals surface area contributed by atoms with E-state index < -0.39 is 15.6 Å². The number of sulfonamides is 1. The molecule has 3 aromatic heterocycles. The number of aromatic nitrogens is 4. The third-order valence-electron chi connectivity index (χ3n) is 6.72. The van der Waals surface area contributed by atoms with Gasteiger partial charge in [0.2, 0.25) is 10.0 Å². The van der Waals surface area contributed by atoms with Gasteiger partial charge in [-0.3, -0.25) is 0 Å². The lowest BCUT2D eigenvalue weighted by molar-refractivity contribution is 0.0893. The van der Waals surface area contributed by atoms with Crippen LogP contribution in [0.5, 0.6) is 0 Å². The van der Waals surface area contributed by atoms with Crippen molar-refractivity contribution >= 4 is 32.0 Å². The smallest absolute Gasteiger partial charge is 0.213 e. The Balaban J connectivity index is 1.74. The van der Waals surface area contributed by atoms with E-state index in [0.29, 0.717) is 5.92 Å². The van der Waals surface area contributed by atoms with E-state index in [1.165, 1.54) is 9.87 Å². The van der Waals surface area contributed by atoms with E-state index in [-0.39, 0.29) is 25.3 Å². The van der Waals surface area contributed by atoms with Gasteiger partial charge in [-0.25, -0.2) is 18.4 Å². The molecule has 0 spiro atoms. The minimum atomic E-state index is -3.31. The van der Waals surface area contributed by atoms with Gasteiger partial charge in [-0.1, -0.05) is 26.0 Å². The van der Waals surface area contributed by atoms with E-state index in [2.05, 4.69) is 57.6 Å². The summed E-state index contributed by atoms with van der Waals surface area (Å²) in [5, 5.41) is 11.6. The molecule has 1 aliphatic rings. The van der Waals surface area contributed by atoms with Crippen LogP contribution in [-0.2, 0) is 15.6 Å². The number of hydrogen-bond donors (Lipinski definition) is 1. The molecule has 4 aromatic rings. The molecule has 4 heterocycles. The van der Waals surface area contributed by atoms with Crippen molar-refractivity contribution < 1.29 is 8.42 Å². The zero-order valence-electron chi connectivity index (χ0n) is 18.9. The first-order chi connectivity index (χ1) is 15.8. The molecular formula is C24H26N6O2S. The molecule has 1 N–H and O–H groups in total. The van der Waals surface area contributed by atoms with Crippen LogP contribution >= 0.6 is 0 Å². The summed E-state index contributed by atoms with van der Waals surface area (Å²) >= 11 is 0. The number of fused-ring (bicyclic) bond motifs is 2. The maximum absolute atomic E-state index is 12.5. The predicted octanol–water partition coefficient (Wildman–Crippen LogP) is 3.98. The van der Waals surface area contributed by atoms with Crippen LogP contribution in [-0.4, -0.2) is 51.1 Å². The molecule has 5 rings (SSSR count). The number of nitrogens with zero attached hydrogens (tertiary/aromatic N) is 5. The van der Waals surface area contributed by atoms with Crippen molar-refractivity contribution in [1.29, 1.82) is 5.26 Å². The molecule has 0 atom stereocenters. The Morgan fingerprint density at radius 2 is 2.00 bits per heavy atom. The monoisotopic (exact) mass is 462 g/mol. The minimum Gasteiger partial charge on any atom is -0.346 e. The second kappa shape index (κ2) is 7.68. The lowest BCUT2D eigenvalue weighted by Gasteiger charge is -2.49. The predicted molar refractivity (Wildman–Crippen MR) is 128 cm³/mol. The first-order valence-electron chi connectivity index (χ1n) is 11.1. The Kier molecular flexibility index (Phi) is 5.03. The second-order valence-electron chi connectivity index (χ2n) is 9.03. The number of nitriles is 1. The Labute approximate surface area is 192 Å². The largest absolute Gasteiger partial charge is 0.346 e. The lowest BCUT2D eigenvalue weighted by atomic mass is 9.88. The van der Waals surface area contributed by atoms with Crippen LogP contribution in [0.2, 0.25) is 0 Å². The molecule has 0 bridgehead atoms. The average Bonchev–Trinajstić information content (AvgIpc) is 3.40. The summed E-state index contributed by atoms with van der Waals surface area (Å²) in [5.74, 6) is 0.388. The summed E-state index contributed by atoms with van der Waals surface area (Å²) in [5.41, 5.74) is 4.08. The highest BCUT2D eigenvalue weighted by Crippen LogP contribution is 2.42. The first-order valence-corrected chi connectivity index (χ1v) is 12.7. The molecule has 1 aliphatic heterocycles. The quantitative estimate of drug-likeness (QED) is 0.466. The van der Waals surface area contributed by atoms with Gasteiger partial charge in [-0.05, 0) is 30.5 Å². The van der Waals surface area contributed by atoms with Crippen molar-refractivity contribution in [2.45, 2.75) is 38.6 Å². The second-order valence-corrected chi connectivity index (χ2v) is 11.3. The van der Waals surface area contributed by atoms with E-state index in [9.17, 15) is 13.7 Å². The van der Waals surface area contributed by atoms with Gasteiger partial charge in [0.05, 0.1) is 29.5 Å². The van der Waals surface area contributed by atoms with Crippen LogP contribution in [0.3, 0.4) is 0 Å². The number of rotatable bonds is 6. The molecule has 0 radical (unpaired) electrons. The van der Waals surface area contributed by atoms with Crippen molar-refractivity contribution in [3.8, 4) is 17.3 Å². The van der Waals surface area contributed by atoms with E-state index in [0.717, 1.165) is 33.2 Å². The minimum absolute atomic E-state index is 0.0528. The SMILES string of the molecule is CCS(=O)(=O)N1CC(CC#N)(n2cc(-c3ncnc4[nH]ccc34)c3ccc(C(C)C)cc32)C1. The third kappa shape index (κ3) is 3.33. The fourth-order valence-electron chi connectivity index (χ4n) is 4.76. The normalized spacial score (nSPS) is 16.3. The summed E-state index contributed by atoms with van der Waals surface area (Å²) in [6.07, 6.45) is 5.65. The molecule has 1 fully saturated rings. The van der Waals surface area contributed by atoms with Gasteiger partial charge in [-0.2, -0.15) is 9.57 Å². The highest BCUT2D eigenvalue weighted by atomic mass is 32.2. The van der Waals surface area contributed by atoms with Crippen LogP contribution in [0.15, 0.2) is 43.0 Å². The maximum atomic E-state index is 12.5. The molecule has 9 heteroatoms. The highest BCUT2D eigenvalue weighted by Gasteiger charge is 2.49. The van der Waals surface area contributed by atoms with Crippen molar-refractivity contribution in [3.63, 3.8) is 0 Å². The molecule has 1 aromatic carbocycles. The fraction of sp³-hybridized carbons (Fsp3) is 0.375. The maximum Gasteiger partial charge on any atom is 0.213 e. The zero-order chi connectivity index (χ0) is 23.4. The summed E-state index contributed by atoms with van der Waals surface area (Å²) < 4.78 is 28.5. The molecule has 33 heavy (non-hydrogen) atoms. The zero-order valence-corrected chi connectivity index (χ0v) is 19.7. The van der Waals surface area contributed by atoms with Crippen molar-refractivity contribution in [2.24, 2.45) is 0 Å². The van der Waals surface area contributed by atoms with Crippen LogP contribution in [0.1, 0.15) is 38.7 Å². The van der Waals surface area contributed by atoms with Gasteiger partial charge in [-0.15, -0.1) is 0 Å². The fourth-order valence-corrected chi connectivity index (χ4v) is 6.00. The molecule has 0 saturated carbocycles. The number of nitrogens with one attached hydrogen (secondary N) is 1. The van der Waals surface area contributed by atoms with Gasteiger partial charge in [0.15, 0.2) is 0 Å². The molecular weight excluding hydrogens is 436 g/mol. The molecule has 0 amide bonds. The average molecular weight is 463 g/mol. The van der Waals surface area contributed by atoms with E-state index in [4.69, 9.17) is 0 Å². The van der Waals surface area contributed by atoms with Crippen LogP contribution < -0.4 is 0 Å². The van der Waals surface area contributed by atoms with E-state index >= 15 is 0 Å². The van der Waals surface area contributed by atoms with Crippen LogP contribution in [0.25, 0.3) is 33.2 Å².